The number of nitriles is 1. The van der Waals surface area contributed by atoms with Gasteiger partial charge in [0.2, 0.25) is 11.6 Å². The SMILES string of the molecule is N#C[C@H]1CN(c2nccn3cnnc23)C[C@@]12C(=O)Nc1ccccc12. The average Bonchev–Trinajstić information content (AvgIpc) is 3.33. The molecule has 4 heterocycles. The zero-order valence-electron chi connectivity index (χ0n) is 13.1. The highest BCUT2D eigenvalue weighted by atomic mass is 16.2. The lowest BCUT2D eigenvalue weighted by molar-refractivity contribution is -0.120. The Bertz CT molecular complexity index is 1050. The maximum Gasteiger partial charge on any atom is 0.238 e. The first-order valence-electron chi connectivity index (χ1n) is 7.94. The molecule has 8 heteroatoms. The maximum atomic E-state index is 12.9. The highest BCUT2D eigenvalue weighted by Crippen LogP contribution is 2.48. The van der Waals surface area contributed by atoms with Crippen LogP contribution in [0.3, 0.4) is 0 Å². The van der Waals surface area contributed by atoms with Gasteiger partial charge >= 0.3 is 0 Å². The number of hydrogen-bond acceptors (Lipinski definition) is 6. The van der Waals surface area contributed by atoms with E-state index in [2.05, 4.69) is 26.6 Å². The van der Waals surface area contributed by atoms with Gasteiger partial charge in [0.05, 0.1) is 12.0 Å². The summed E-state index contributed by atoms with van der Waals surface area (Å²) in [7, 11) is 0. The predicted molar refractivity (Wildman–Crippen MR) is 88.8 cm³/mol. The summed E-state index contributed by atoms with van der Waals surface area (Å²) >= 11 is 0. The Balaban J connectivity index is 1.66. The molecule has 2 aliphatic rings. The van der Waals surface area contributed by atoms with Crippen LogP contribution >= 0.6 is 0 Å². The third kappa shape index (κ3) is 1.69. The lowest BCUT2D eigenvalue weighted by Gasteiger charge is -2.24. The van der Waals surface area contributed by atoms with Gasteiger partial charge in [0.1, 0.15) is 11.7 Å². The van der Waals surface area contributed by atoms with Crippen molar-refractivity contribution in [3.8, 4) is 6.07 Å². The van der Waals surface area contributed by atoms with E-state index < -0.39 is 11.3 Å². The molecule has 8 nitrogen and oxygen atoms in total. The minimum Gasteiger partial charge on any atom is -0.351 e. The number of anilines is 2. The lowest BCUT2D eigenvalue weighted by atomic mass is 9.74. The summed E-state index contributed by atoms with van der Waals surface area (Å²) in [6, 6.07) is 9.91. The van der Waals surface area contributed by atoms with E-state index in [0.29, 0.717) is 24.6 Å². The van der Waals surface area contributed by atoms with Gasteiger partial charge in [-0.05, 0) is 11.6 Å². The van der Waals surface area contributed by atoms with Crippen LogP contribution in [0, 0.1) is 17.2 Å². The Kier molecular flexibility index (Phi) is 2.65. The predicted octanol–water partition coefficient (Wildman–Crippen LogP) is 0.974. The Morgan fingerprint density at radius 1 is 1.36 bits per heavy atom. The summed E-state index contributed by atoms with van der Waals surface area (Å²) in [5.41, 5.74) is 1.38. The van der Waals surface area contributed by atoms with Crippen molar-refractivity contribution in [2.45, 2.75) is 5.41 Å². The van der Waals surface area contributed by atoms with Gasteiger partial charge in [0.25, 0.3) is 0 Å². The number of rotatable bonds is 1. The van der Waals surface area contributed by atoms with Gasteiger partial charge in [0, 0.05) is 31.2 Å². The Labute approximate surface area is 142 Å². The molecule has 1 amide bonds. The smallest absolute Gasteiger partial charge is 0.238 e. The Morgan fingerprint density at radius 3 is 3.12 bits per heavy atom. The molecular formula is C17H13N7O. The fraction of sp³-hybridized carbons (Fsp3) is 0.235. The number of nitrogens with zero attached hydrogens (tertiary/aromatic N) is 6. The van der Waals surface area contributed by atoms with Crippen molar-refractivity contribution in [1.82, 2.24) is 19.6 Å². The number of aromatic nitrogens is 4. The Hall–Kier alpha value is -3.47. The maximum absolute atomic E-state index is 12.9. The van der Waals surface area contributed by atoms with Crippen molar-refractivity contribution >= 4 is 23.1 Å². The van der Waals surface area contributed by atoms with E-state index in [1.54, 1.807) is 23.1 Å². The molecule has 0 saturated carbocycles. The number of amides is 1. The van der Waals surface area contributed by atoms with E-state index >= 15 is 0 Å². The molecule has 122 valence electrons. The monoisotopic (exact) mass is 331 g/mol. The largest absolute Gasteiger partial charge is 0.351 e. The van der Waals surface area contributed by atoms with Crippen LogP contribution in [-0.2, 0) is 10.2 Å². The Morgan fingerprint density at radius 2 is 2.24 bits per heavy atom. The first-order valence-corrected chi connectivity index (χ1v) is 7.94. The van der Waals surface area contributed by atoms with E-state index in [1.807, 2.05) is 29.2 Å². The molecule has 2 aromatic heterocycles. The minimum absolute atomic E-state index is 0.129. The molecular weight excluding hydrogens is 318 g/mol. The molecule has 2 atom stereocenters. The average molecular weight is 331 g/mol. The summed E-state index contributed by atoms with van der Waals surface area (Å²) in [4.78, 5) is 19.3. The van der Waals surface area contributed by atoms with Crippen LogP contribution < -0.4 is 10.2 Å². The molecule has 1 N–H and O–H groups in total. The first-order chi connectivity index (χ1) is 12.2. The summed E-state index contributed by atoms with van der Waals surface area (Å²) in [5.74, 6) is 0.0339. The van der Waals surface area contributed by atoms with Crippen LogP contribution in [0.4, 0.5) is 11.5 Å². The third-order valence-electron chi connectivity index (χ3n) is 5.15. The zero-order valence-corrected chi connectivity index (χ0v) is 13.1. The van der Waals surface area contributed by atoms with Crippen molar-refractivity contribution in [3.63, 3.8) is 0 Å². The summed E-state index contributed by atoms with van der Waals surface area (Å²) in [6.45, 7) is 0.797. The van der Waals surface area contributed by atoms with Crippen LogP contribution in [0.25, 0.3) is 5.65 Å². The van der Waals surface area contributed by atoms with Gasteiger partial charge in [-0.1, -0.05) is 18.2 Å². The number of fused-ring (bicyclic) bond motifs is 3. The summed E-state index contributed by atoms with van der Waals surface area (Å²) in [6.07, 6.45) is 5.04. The van der Waals surface area contributed by atoms with E-state index in [4.69, 9.17) is 0 Å². The number of para-hydroxylation sites is 1. The fourth-order valence-electron chi connectivity index (χ4n) is 3.97. The van der Waals surface area contributed by atoms with E-state index in [0.717, 1.165) is 11.3 Å². The molecule has 1 fully saturated rings. The highest BCUT2D eigenvalue weighted by Gasteiger charge is 2.58. The van der Waals surface area contributed by atoms with Crippen molar-refractivity contribution in [2.24, 2.45) is 5.92 Å². The van der Waals surface area contributed by atoms with Crippen LogP contribution in [0.2, 0.25) is 0 Å². The quantitative estimate of drug-likeness (QED) is 0.713. The van der Waals surface area contributed by atoms with Crippen LogP contribution in [0.15, 0.2) is 43.0 Å². The number of carbonyl (C=O) groups is 1. The summed E-state index contributed by atoms with van der Waals surface area (Å²) < 4.78 is 1.78. The molecule has 1 saturated heterocycles. The third-order valence-corrected chi connectivity index (χ3v) is 5.15. The van der Waals surface area contributed by atoms with Crippen molar-refractivity contribution in [2.75, 3.05) is 23.3 Å². The van der Waals surface area contributed by atoms with Crippen LogP contribution in [0.1, 0.15) is 5.56 Å². The first kappa shape index (κ1) is 13.9. The van der Waals surface area contributed by atoms with Crippen molar-refractivity contribution in [3.05, 3.63) is 48.5 Å². The zero-order chi connectivity index (χ0) is 17.0. The van der Waals surface area contributed by atoms with Gasteiger partial charge in [-0.3, -0.25) is 9.20 Å². The van der Waals surface area contributed by atoms with Gasteiger partial charge < -0.3 is 10.2 Å². The molecule has 3 aromatic rings. The second-order valence-electron chi connectivity index (χ2n) is 6.35. The number of hydrogen-bond donors (Lipinski definition) is 1. The molecule has 1 aromatic carbocycles. The summed E-state index contributed by atoms with van der Waals surface area (Å²) in [5, 5.41) is 20.7. The fourth-order valence-corrected chi connectivity index (χ4v) is 3.97. The van der Waals surface area contributed by atoms with Crippen molar-refractivity contribution in [1.29, 1.82) is 5.26 Å². The number of nitrogens with one attached hydrogen (secondary N) is 1. The number of carbonyl (C=O) groups excluding carboxylic acids is 1. The van der Waals surface area contributed by atoms with Crippen LogP contribution in [0.5, 0.6) is 0 Å². The molecule has 0 bridgehead atoms. The molecule has 1 spiro atoms. The molecule has 2 aliphatic heterocycles. The minimum atomic E-state index is -0.889. The van der Waals surface area contributed by atoms with E-state index in [1.165, 1.54) is 0 Å². The second-order valence-corrected chi connectivity index (χ2v) is 6.35. The van der Waals surface area contributed by atoms with Gasteiger partial charge in [-0.2, -0.15) is 5.26 Å². The van der Waals surface area contributed by atoms with E-state index in [9.17, 15) is 10.1 Å². The van der Waals surface area contributed by atoms with Gasteiger partial charge in [-0.25, -0.2) is 4.98 Å². The molecule has 0 unspecified atom stereocenters. The number of benzene rings is 1. The van der Waals surface area contributed by atoms with Gasteiger partial charge in [-0.15, -0.1) is 10.2 Å². The second kappa shape index (κ2) is 4.77. The van der Waals surface area contributed by atoms with Crippen LogP contribution in [-0.4, -0.2) is 38.6 Å². The molecule has 0 aliphatic carbocycles. The molecule has 0 radical (unpaired) electrons. The van der Waals surface area contributed by atoms with Crippen molar-refractivity contribution < 1.29 is 4.79 Å². The molecule has 25 heavy (non-hydrogen) atoms. The standard InChI is InChI=1S/C17H13N7O/c18-7-11-8-24(14-15-22-20-10-23(15)6-5-19-14)9-17(11)12-3-1-2-4-13(12)21-16(17)25/h1-6,10-11H,8-9H2,(H,21,25)/t11-,17+/m0/s1. The van der Waals surface area contributed by atoms with Gasteiger partial charge in [0.15, 0.2) is 5.82 Å². The topological polar surface area (TPSA) is 99.2 Å². The lowest BCUT2D eigenvalue weighted by Crippen LogP contribution is -2.42. The molecule has 5 rings (SSSR count). The normalized spacial score (nSPS) is 24.5. The highest BCUT2D eigenvalue weighted by molar-refractivity contribution is 6.07. The van der Waals surface area contributed by atoms with E-state index in [-0.39, 0.29) is 5.91 Å².